The van der Waals surface area contributed by atoms with Crippen molar-refractivity contribution in [1.82, 2.24) is 4.98 Å². The summed E-state index contributed by atoms with van der Waals surface area (Å²) in [6.07, 6.45) is 0. The Hall–Kier alpha value is -3.17. The van der Waals surface area contributed by atoms with Crippen LogP contribution in [-0.4, -0.2) is 10.9 Å². The standard InChI is InChI=1S/C23H17ClN2O/c1-15-8-2-3-9-16(15)22-14-18(17-10-4-6-12-20(17)25-22)23(27)26-21-13-7-5-11-19(21)24/h2-14H,1H3,(H,26,27). The van der Waals surface area contributed by atoms with Crippen LogP contribution < -0.4 is 5.32 Å². The first-order valence-electron chi connectivity index (χ1n) is 8.65. The number of aryl methyl sites for hydroxylation is 1. The van der Waals surface area contributed by atoms with Gasteiger partial charge in [0.1, 0.15) is 0 Å². The van der Waals surface area contributed by atoms with Gasteiger partial charge in [0.2, 0.25) is 0 Å². The van der Waals surface area contributed by atoms with E-state index < -0.39 is 0 Å². The topological polar surface area (TPSA) is 42.0 Å². The van der Waals surface area contributed by atoms with Gasteiger partial charge in [0, 0.05) is 10.9 Å². The normalized spacial score (nSPS) is 10.7. The van der Waals surface area contributed by atoms with Crippen molar-refractivity contribution in [3.63, 3.8) is 0 Å². The molecule has 0 atom stereocenters. The fraction of sp³-hybridized carbons (Fsp3) is 0.0435. The van der Waals surface area contributed by atoms with E-state index in [-0.39, 0.29) is 5.91 Å². The highest BCUT2D eigenvalue weighted by molar-refractivity contribution is 6.34. The first-order valence-corrected chi connectivity index (χ1v) is 9.03. The molecule has 3 nitrogen and oxygen atoms in total. The van der Waals surface area contributed by atoms with Gasteiger partial charge in [-0.25, -0.2) is 4.98 Å². The number of fused-ring (bicyclic) bond motifs is 1. The predicted molar refractivity (Wildman–Crippen MR) is 111 cm³/mol. The number of rotatable bonds is 3. The summed E-state index contributed by atoms with van der Waals surface area (Å²) in [5, 5.41) is 4.22. The van der Waals surface area contributed by atoms with Crippen LogP contribution in [0.5, 0.6) is 0 Å². The van der Waals surface area contributed by atoms with Gasteiger partial charge in [-0.15, -0.1) is 0 Å². The SMILES string of the molecule is Cc1ccccc1-c1cc(C(=O)Nc2ccccc2Cl)c2ccccc2n1. The van der Waals surface area contributed by atoms with Gasteiger partial charge in [-0.2, -0.15) is 0 Å². The molecule has 1 amide bonds. The van der Waals surface area contributed by atoms with E-state index in [4.69, 9.17) is 16.6 Å². The first kappa shape index (κ1) is 17.3. The van der Waals surface area contributed by atoms with Crippen LogP contribution >= 0.6 is 11.6 Å². The van der Waals surface area contributed by atoms with E-state index >= 15 is 0 Å². The number of para-hydroxylation sites is 2. The van der Waals surface area contributed by atoms with Crippen molar-refractivity contribution >= 4 is 34.1 Å². The number of aromatic nitrogens is 1. The molecule has 0 aliphatic carbocycles. The van der Waals surface area contributed by atoms with Crippen molar-refractivity contribution in [2.24, 2.45) is 0 Å². The average molecular weight is 373 g/mol. The van der Waals surface area contributed by atoms with Crippen LogP contribution in [0.3, 0.4) is 0 Å². The van der Waals surface area contributed by atoms with Crippen molar-refractivity contribution in [2.75, 3.05) is 5.32 Å². The fourth-order valence-electron chi connectivity index (χ4n) is 3.11. The number of carbonyl (C=O) groups is 1. The van der Waals surface area contributed by atoms with Gasteiger partial charge in [-0.3, -0.25) is 4.79 Å². The van der Waals surface area contributed by atoms with Crippen LogP contribution in [0.15, 0.2) is 78.9 Å². The average Bonchev–Trinajstić information content (AvgIpc) is 2.69. The number of benzene rings is 3. The zero-order valence-corrected chi connectivity index (χ0v) is 15.5. The smallest absolute Gasteiger partial charge is 0.256 e. The lowest BCUT2D eigenvalue weighted by Crippen LogP contribution is -2.13. The van der Waals surface area contributed by atoms with Crippen molar-refractivity contribution in [3.05, 3.63) is 95.0 Å². The minimum absolute atomic E-state index is 0.212. The van der Waals surface area contributed by atoms with Gasteiger partial charge >= 0.3 is 0 Å². The molecule has 4 rings (SSSR count). The van der Waals surface area contributed by atoms with E-state index in [9.17, 15) is 4.79 Å². The monoisotopic (exact) mass is 372 g/mol. The lowest BCUT2D eigenvalue weighted by Gasteiger charge is -2.12. The molecule has 0 saturated carbocycles. The van der Waals surface area contributed by atoms with E-state index in [0.717, 1.165) is 27.7 Å². The summed E-state index contributed by atoms with van der Waals surface area (Å²) in [6.45, 7) is 2.04. The molecule has 0 unspecified atom stereocenters. The lowest BCUT2D eigenvalue weighted by molar-refractivity contribution is 0.102. The third kappa shape index (κ3) is 3.42. The summed E-state index contributed by atoms with van der Waals surface area (Å²) < 4.78 is 0. The Bertz CT molecular complexity index is 1150. The van der Waals surface area contributed by atoms with Crippen molar-refractivity contribution in [1.29, 1.82) is 0 Å². The molecule has 1 aromatic heterocycles. The molecule has 27 heavy (non-hydrogen) atoms. The summed E-state index contributed by atoms with van der Waals surface area (Å²) in [5.41, 5.74) is 4.83. The van der Waals surface area contributed by atoms with Crippen molar-refractivity contribution < 1.29 is 4.79 Å². The molecule has 0 saturated heterocycles. The second-order valence-electron chi connectivity index (χ2n) is 6.32. The molecule has 4 heteroatoms. The zero-order chi connectivity index (χ0) is 18.8. The van der Waals surface area contributed by atoms with E-state index in [0.29, 0.717) is 16.3 Å². The summed E-state index contributed by atoms with van der Waals surface area (Å²) >= 11 is 6.19. The van der Waals surface area contributed by atoms with E-state index in [1.54, 1.807) is 12.1 Å². The van der Waals surface area contributed by atoms with E-state index in [1.165, 1.54) is 0 Å². The summed E-state index contributed by atoms with van der Waals surface area (Å²) in [7, 11) is 0. The third-order valence-electron chi connectivity index (χ3n) is 4.50. The van der Waals surface area contributed by atoms with Crippen LogP contribution in [0.25, 0.3) is 22.2 Å². The molecular weight excluding hydrogens is 356 g/mol. The molecule has 4 aromatic rings. The summed E-state index contributed by atoms with van der Waals surface area (Å²) in [6, 6.07) is 24.7. The highest BCUT2D eigenvalue weighted by Crippen LogP contribution is 2.28. The molecule has 1 heterocycles. The maximum absolute atomic E-state index is 13.1. The number of anilines is 1. The maximum Gasteiger partial charge on any atom is 0.256 e. The molecule has 0 aliphatic rings. The number of hydrogen-bond donors (Lipinski definition) is 1. The molecule has 132 valence electrons. The Balaban J connectivity index is 1.85. The number of amides is 1. The lowest BCUT2D eigenvalue weighted by atomic mass is 10.0. The Morgan fingerprint density at radius 2 is 1.63 bits per heavy atom. The Kier molecular flexibility index (Phi) is 4.61. The fourth-order valence-corrected chi connectivity index (χ4v) is 3.30. The predicted octanol–water partition coefficient (Wildman–Crippen LogP) is 6.12. The second-order valence-corrected chi connectivity index (χ2v) is 6.73. The zero-order valence-electron chi connectivity index (χ0n) is 14.7. The molecule has 1 N–H and O–H groups in total. The van der Waals surface area contributed by atoms with Gasteiger partial charge < -0.3 is 5.32 Å². The Morgan fingerprint density at radius 1 is 0.926 bits per heavy atom. The van der Waals surface area contributed by atoms with Gasteiger partial charge in [0.25, 0.3) is 5.91 Å². The van der Waals surface area contributed by atoms with Crippen LogP contribution in [-0.2, 0) is 0 Å². The van der Waals surface area contributed by atoms with Crippen LogP contribution in [0.2, 0.25) is 5.02 Å². The van der Waals surface area contributed by atoms with Crippen molar-refractivity contribution in [3.8, 4) is 11.3 Å². The van der Waals surface area contributed by atoms with Crippen LogP contribution in [0.4, 0.5) is 5.69 Å². The highest BCUT2D eigenvalue weighted by atomic mass is 35.5. The molecule has 0 fully saturated rings. The van der Waals surface area contributed by atoms with Gasteiger partial charge in [-0.1, -0.05) is 66.2 Å². The van der Waals surface area contributed by atoms with Gasteiger partial charge in [0.05, 0.1) is 27.5 Å². The minimum atomic E-state index is -0.212. The van der Waals surface area contributed by atoms with Crippen molar-refractivity contribution in [2.45, 2.75) is 6.92 Å². The number of halogens is 1. The molecule has 0 bridgehead atoms. The Morgan fingerprint density at radius 3 is 2.44 bits per heavy atom. The van der Waals surface area contributed by atoms with E-state index in [1.807, 2.05) is 73.7 Å². The number of hydrogen-bond acceptors (Lipinski definition) is 2. The van der Waals surface area contributed by atoms with Crippen LogP contribution in [0, 0.1) is 6.92 Å². The molecule has 0 spiro atoms. The number of nitrogens with zero attached hydrogens (tertiary/aromatic N) is 1. The largest absolute Gasteiger partial charge is 0.321 e. The minimum Gasteiger partial charge on any atom is -0.321 e. The number of nitrogens with one attached hydrogen (secondary N) is 1. The number of pyridine rings is 1. The maximum atomic E-state index is 13.1. The summed E-state index contributed by atoms with van der Waals surface area (Å²) in [5.74, 6) is -0.212. The molecule has 0 radical (unpaired) electrons. The number of carbonyl (C=O) groups excluding carboxylic acids is 1. The molecule has 3 aromatic carbocycles. The van der Waals surface area contributed by atoms with Crippen LogP contribution in [0.1, 0.15) is 15.9 Å². The quantitative estimate of drug-likeness (QED) is 0.471. The molecular formula is C23H17ClN2O. The Labute approximate surface area is 162 Å². The highest BCUT2D eigenvalue weighted by Gasteiger charge is 2.15. The molecule has 0 aliphatic heterocycles. The first-order chi connectivity index (χ1) is 13.1. The summed E-state index contributed by atoms with van der Waals surface area (Å²) in [4.78, 5) is 17.8. The van der Waals surface area contributed by atoms with Gasteiger partial charge in [0.15, 0.2) is 0 Å². The van der Waals surface area contributed by atoms with Gasteiger partial charge in [-0.05, 0) is 36.8 Å². The third-order valence-corrected chi connectivity index (χ3v) is 4.83. The van der Waals surface area contributed by atoms with E-state index in [2.05, 4.69) is 5.32 Å². The second kappa shape index (κ2) is 7.22.